The number of rotatable bonds is 3. The van der Waals surface area contributed by atoms with Crippen LogP contribution in [0.4, 0.5) is 10.8 Å². The summed E-state index contributed by atoms with van der Waals surface area (Å²) >= 11 is 4.59. The Morgan fingerprint density at radius 3 is 2.94 bits per heavy atom. The van der Waals surface area contributed by atoms with E-state index < -0.39 is 0 Å². The number of hydrazine groups is 1. The Kier molecular flexibility index (Phi) is 3.67. The number of carbonyl (C=O) groups is 1. The smallest absolute Gasteiger partial charge is 0.261 e. The predicted molar refractivity (Wildman–Crippen MR) is 69.8 cm³/mol. The molecule has 88 valence electrons. The van der Waals surface area contributed by atoms with E-state index in [-0.39, 0.29) is 5.91 Å². The van der Waals surface area contributed by atoms with Crippen LogP contribution >= 0.6 is 27.3 Å². The maximum absolute atomic E-state index is 11.9. The fourth-order valence-electron chi connectivity index (χ4n) is 1.18. The van der Waals surface area contributed by atoms with Gasteiger partial charge in [-0.1, -0.05) is 11.3 Å². The lowest BCUT2D eigenvalue weighted by molar-refractivity contribution is 0.102. The molecule has 0 spiro atoms. The Labute approximate surface area is 109 Å². The minimum atomic E-state index is -0.312. The maximum atomic E-state index is 11.9. The highest BCUT2D eigenvalue weighted by Crippen LogP contribution is 2.24. The van der Waals surface area contributed by atoms with E-state index in [0.29, 0.717) is 16.4 Å². The summed E-state index contributed by atoms with van der Waals surface area (Å²) in [6.07, 6.45) is 4.60. The summed E-state index contributed by atoms with van der Waals surface area (Å²) in [7, 11) is 0. The molecule has 0 aliphatic rings. The number of halogens is 1. The quantitative estimate of drug-likeness (QED) is 0.594. The molecule has 17 heavy (non-hydrogen) atoms. The van der Waals surface area contributed by atoms with Crippen LogP contribution in [-0.2, 0) is 0 Å². The molecule has 0 unspecified atom stereocenters. The molecule has 0 saturated heterocycles. The number of amides is 1. The van der Waals surface area contributed by atoms with Crippen LogP contribution in [0, 0.1) is 0 Å². The average molecular weight is 314 g/mol. The topological polar surface area (TPSA) is 92.9 Å². The van der Waals surface area contributed by atoms with Gasteiger partial charge in [-0.15, -0.1) is 0 Å². The molecule has 2 aromatic rings. The molecule has 8 heteroatoms. The molecule has 0 fully saturated rings. The third-order valence-electron chi connectivity index (χ3n) is 1.92. The van der Waals surface area contributed by atoms with Crippen molar-refractivity contribution < 1.29 is 4.79 Å². The van der Waals surface area contributed by atoms with Crippen molar-refractivity contribution in [2.75, 3.05) is 10.7 Å². The summed E-state index contributed by atoms with van der Waals surface area (Å²) in [6, 6.07) is 1.62. The second-order valence-corrected chi connectivity index (χ2v) is 5.40. The second kappa shape index (κ2) is 5.21. The summed E-state index contributed by atoms with van der Waals surface area (Å²) in [5, 5.41) is 3.16. The first kappa shape index (κ1) is 12.0. The van der Waals surface area contributed by atoms with Gasteiger partial charge in [0.25, 0.3) is 5.91 Å². The highest BCUT2D eigenvalue weighted by molar-refractivity contribution is 9.11. The van der Waals surface area contributed by atoms with E-state index in [2.05, 4.69) is 36.6 Å². The number of aromatic nitrogens is 2. The third-order valence-corrected chi connectivity index (χ3v) is 3.31. The van der Waals surface area contributed by atoms with Crippen molar-refractivity contribution in [2.45, 2.75) is 0 Å². The van der Waals surface area contributed by atoms with Gasteiger partial charge in [-0.2, -0.15) is 0 Å². The largest absolute Gasteiger partial charge is 0.323 e. The van der Waals surface area contributed by atoms with Crippen LogP contribution in [0.1, 0.15) is 10.4 Å². The van der Waals surface area contributed by atoms with Crippen molar-refractivity contribution >= 4 is 44.0 Å². The molecule has 6 nitrogen and oxygen atoms in total. The molecule has 2 rings (SSSR count). The number of nitrogens with zero attached hydrogens (tertiary/aromatic N) is 2. The van der Waals surface area contributed by atoms with Crippen LogP contribution < -0.4 is 16.6 Å². The predicted octanol–water partition coefficient (Wildman–Crippen LogP) is 1.84. The minimum absolute atomic E-state index is 0.312. The zero-order valence-corrected chi connectivity index (χ0v) is 10.9. The highest BCUT2D eigenvalue weighted by atomic mass is 79.9. The molecule has 0 radical (unpaired) electrons. The van der Waals surface area contributed by atoms with Crippen molar-refractivity contribution in [3.05, 3.63) is 34.0 Å². The Morgan fingerprint density at radius 1 is 1.47 bits per heavy atom. The highest BCUT2D eigenvalue weighted by Gasteiger charge is 2.12. The molecule has 0 aromatic carbocycles. The van der Waals surface area contributed by atoms with Crippen LogP contribution in [-0.4, -0.2) is 15.9 Å². The molecule has 4 N–H and O–H groups in total. The number of hydrogen-bond acceptors (Lipinski definition) is 6. The van der Waals surface area contributed by atoms with Gasteiger partial charge in [-0.05, 0) is 22.0 Å². The fourth-order valence-corrected chi connectivity index (χ4v) is 2.28. The molecular weight excluding hydrogens is 306 g/mol. The standard InChI is InChI=1S/C9H8BrN5OS/c10-7-4-13-9(17-7)14-8(16)5-3-12-2-1-6(5)15-11/h1-4H,11H2,(H,12,15)(H,13,14,16). The van der Waals surface area contributed by atoms with Gasteiger partial charge in [0.1, 0.15) is 0 Å². The minimum Gasteiger partial charge on any atom is -0.323 e. The monoisotopic (exact) mass is 313 g/mol. The number of carbonyl (C=O) groups excluding carboxylic acids is 1. The molecular formula is C9H8BrN5OS. The van der Waals surface area contributed by atoms with E-state index in [1.807, 2.05) is 0 Å². The van der Waals surface area contributed by atoms with E-state index in [0.717, 1.165) is 3.79 Å². The number of anilines is 2. The van der Waals surface area contributed by atoms with E-state index >= 15 is 0 Å². The number of pyridine rings is 1. The number of nitrogen functional groups attached to an aromatic ring is 1. The zero-order valence-electron chi connectivity index (χ0n) is 8.48. The first-order valence-corrected chi connectivity index (χ1v) is 6.15. The second-order valence-electron chi connectivity index (χ2n) is 2.99. The summed E-state index contributed by atoms with van der Waals surface area (Å²) in [6.45, 7) is 0. The van der Waals surface area contributed by atoms with Gasteiger partial charge in [0.05, 0.1) is 21.2 Å². The van der Waals surface area contributed by atoms with E-state index in [1.54, 1.807) is 18.5 Å². The average Bonchev–Trinajstić information content (AvgIpc) is 2.74. The Bertz CT molecular complexity index is 544. The molecule has 1 amide bonds. The SMILES string of the molecule is NNc1ccncc1C(=O)Nc1ncc(Br)s1. The van der Waals surface area contributed by atoms with Gasteiger partial charge >= 0.3 is 0 Å². The first-order valence-electron chi connectivity index (χ1n) is 4.54. The number of thiazole rings is 1. The van der Waals surface area contributed by atoms with Crippen molar-refractivity contribution in [3.8, 4) is 0 Å². The van der Waals surface area contributed by atoms with Crippen molar-refractivity contribution in [2.24, 2.45) is 5.84 Å². The molecule has 0 atom stereocenters. The lowest BCUT2D eigenvalue weighted by atomic mass is 10.2. The number of nitrogens with two attached hydrogens (primary N) is 1. The molecule has 2 aromatic heterocycles. The normalized spacial score (nSPS) is 10.0. The van der Waals surface area contributed by atoms with Crippen LogP contribution in [0.2, 0.25) is 0 Å². The van der Waals surface area contributed by atoms with Gasteiger partial charge in [0.15, 0.2) is 5.13 Å². The summed E-state index contributed by atoms with van der Waals surface area (Å²) < 4.78 is 0.844. The Balaban J connectivity index is 2.20. The van der Waals surface area contributed by atoms with Gasteiger partial charge in [-0.25, -0.2) is 4.98 Å². The molecule has 2 heterocycles. The van der Waals surface area contributed by atoms with Crippen LogP contribution in [0.15, 0.2) is 28.4 Å². The Morgan fingerprint density at radius 2 is 2.29 bits per heavy atom. The van der Waals surface area contributed by atoms with Gasteiger partial charge in [-0.3, -0.25) is 20.9 Å². The summed E-state index contributed by atoms with van der Waals surface area (Å²) in [5.74, 6) is 5.00. The van der Waals surface area contributed by atoms with E-state index in [1.165, 1.54) is 17.5 Å². The number of hydrogen-bond donors (Lipinski definition) is 3. The molecule has 0 saturated carbocycles. The van der Waals surface area contributed by atoms with Crippen LogP contribution in [0.5, 0.6) is 0 Å². The maximum Gasteiger partial charge on any atom is 0.261 e. The van der Waals surface area contributed by atoms with Crippen molar-refractivity contribution in [1.29, 1.82) is 0 Å². The van der Waals surface area contributed by atoms with Crippen LogP contribution in [0.25, 0.3) is 0 Å². The molecule has 0 aliphatic heterocycles. The zero-order chi connectivity index (χ0) is 12.3. The first-order chi connectivity index (χ1) is 8.20. The number of nitrogens with one attached hydrogen (secondary N) is 2. The van der Waals surface area contributed by atoms with E-state index in [4.69, 9.17) is 5.84 Å². The molecule has 0 bridgehead atoms. The lowest BCUT2D eigenvalue weighted by Gasteiger charge is -2.06. The van der Waals surface area contributed by atoms with Crippen LogP contribution in [0.3, 0.4) is 0 Å². The van der Waals surface area contributed by atoms with Gasteiger partial charge < -0.3 is 5.43 Å². The fraction of sp³-hybridized carbons (Fsp3) is 0. The van der Waals surface area contributed by atoms with Gasteiger partial charge in [0.2, 0.25) is 0 Å². The molecule has 0 aliphatic carbocycles. The summed E-state index contributed by atoms with van der Waals surface area (Å²) in [5.41, 5.74) is 3.31. The van der Waals surface area contributed by atoms with Crippen molar-refractivity contribution in [1.82, 2.24) is 9.97 Å². The van der Waals surface area contributed by atoms with Crippen molar-refractivity contribution in [3.63, 3.8) is 0 Å². The lowest BCUT2D eigenvalue weighted by Crippen LogP contribution is -2.17. The third kappa shape index (κ3) is 2.78. The summed E-state index contributed by atoms with van der Waals surface area (Å²) in [4.78, 5) is 19.8. The Hall–Kier alpha value is -1.51. The van der Waals surface area contributed by atoms with E-state index in [9.17, 15) is 4.79 Å². The van der Waals surface area contributed by atoms with Gasteiger partial charge in [0, 0.05) is 12.4 Å².